The van der Waals surface area contributed by atoms with Crippen molar-refractivity contribution in [2.45, 2.75) is 0 Å². The lowest BCUT2D eigenvalue weighted by Gasteiger charge is -2.14. The van der Waals surface area contributed by atoms with Crippen molar-refractivity contribution in [2.75, 3.05) is 23.3 Å². The second-order valence-corrected chi connectivity index (χ2v) is 4.78. The van der Waals surface area contributed by atoms with Crippen LogP contribution in [0.4, 0.5) is 16.2 Å². The highest BCUT2D eigenvalue weighted by atomic mass is 32.1. The smallest absolute Gasteiger partial charge is 0.321 e. The minimum Gasteiger partial charge on any atom is -0.336 e. The Hall–Kier alpha value is -2.48. The first-order valence-electron chi connectivity index (χ1n) is 5.98. The van der Waals surface area contributed by atoms with Gasteiger partial charge in [0.2, 0.25) is 0 Å². The summed E-state index contributed by atoms with van der Waals surface area (Å²) in [5, 5.41) is 10.7. The molecule has 20 heavy (non-hydrogen) atoms. The molecule has 2 heterocycles. The Balaban J connectivity index is 1.70. The maximum Gasteiger partial charge on any atom is 0.321 e. The zero-order chi connectivity index (χ0) is 13.9. The van der Waals surface area contributed by atoms with Gasteiger partial charge in [0.05, 0.1) is 0 Å². The molecule has 0 unspecified atom stereocenters. The van der Waals surface area contributed by atoms with Gasteiger partial charge in [-0.05, 0) is 35.8 Å². The zero-order valence-corrected chi connectivity index (χ0v) is 11.2. The number of hydrogen-bond donors (Lipinski definition) is 2. The molecule has 0 aliphatic carbocycles. The maximum atomic E-state index is 11.8. The number of rotatable bonds is 3. The van der Waals surface area contributed by atoms with E-state index in [2.05, 4.69) is 20.2 Å². The van der Waals surface area contributed by atoms with Crippen LogP contribution >= 0.6 is 11.5 Å². The van der Waals surface area contributed by atoms with Crippen molar-refractivity contribution >= 4 is 34.8 Å². The molecule has 2 aromatic rings. The van der Waals surface area contributed by atoms with E-state index in [1.807, 2.05) is 0 Å². The molecule has 102 valence electrons. The molecule has 0 spiro atoms. The molecule has 0 radical (unpaired) electrons. The molecule has 1 aromatic carbocycles. The summed E-state index contributed by atoms with van der Waals surface area (Å²) in [6.45, 7) is 1.29. The highest BCUT2D eigenvalue weighted by Crippen LogP contribution is 2.19. The standard InChI is InChI=1S/C12H11N5O2S/c18-11(10-7-20-16-15-10)14-8-1-3-9(4-2-8)17-6-5-13-12(17)19/h1-4,7H,5-6H2,(H,13,19)(H,14,18). The number of aromatic nitrogens is 2. The van der Waals surface area contributed by atoms with Crippen molar-refractivity contribution in [2.24, 2.45) is 0 Å². The summed E-state index contributed by atoms with van der Waals surface area (Å²) in [6, 6.07) is 6.98. The fourth-order valence-corrected chi connectivity index (χ4v) is 2.34. The van der Waals surface area contributed by atoms with Crippen LogP contribution in [0, 0.1) is 0 Å². The third-order valence-corrected chi connectivity index (χ3v) is 3.39. The zero-order valence-electron chi connectivity index (χ0n) is 10.4. The average molecular weight is 289 g/mol. The lowest BCUT2D eigenvalue weighted by atomic mass is 10.2. The van der Waals surface area contributed by atoms with E-state index in [0.29, 0.717) is 18.8 Å². The number of amides is 3. The summed E-state index contributed by atoms with van der Waals surface area (Å²) in [6.07, 6.45) is 0. The number of hydrogen-bond acceptors (Lipinski definition) is 5. The Morgan fingerprint density at radius 2 is 2.15 bits per heavy atom. The second-order valence-electron chi connectivity index (χ2n) is 4.17. The van der Waals surface area contributed by atoms with Crippen LogP contribution in [0.15, 0.2) is 29.6 Å². The molecule has 3 amide bonds. The fourth-order valence-electron chi connectivity index (χ4n) is 1.90. The predicted molar refractivity (Wildman–Crippen MR) is 75.0 cm³/mol. The van der Waals surface area contributed by atoms with Gasteiger partial charge in [-0.25, -0.2) is 4.79 Å². The summed E-state index contributed by atoms with van der Waals surface area (Å²) in [4.78, 5) is 25.0. The van der Waals surface area contributed by atoms with Crippen LogP contribution < -0.4 is 15.5 Å². The minimum absolute atomic E-state index is 0.102. The number of urea groups is 1. The van der Waals surface area contributed by atoms with Crippen LogP contribution in [0.25, 0.3) is 0 Å². The van der Waals surface area contributed by atoms with Gasteiger partial charge in [-0.15, -0.1) is 5.10 Å². The van der Waals surface area contributed by atoms with Crippen LogP contribution in [-0.2, 0) is 0 Å². The van der Waals surface area contributed by atoms with Crippen LogP contribution in [0.1, 0.15) is 10.5 Å². The van der Waals surface area contributed by atoms with E-state index in [0.717, 1.165) is 17.2 Å². The number of carbonyl (C=O) groups is 2. The molecule has 1 saturated heterocycles. The summed E-state index contributed by atoms with van der Waals surface area (Å²) in [5.41, 5.74) is 1.73. The Morgan fingerprint density at radius 1 is 1.35 bits per heavy atom. The first kappa shape index (κ1) is 12.5. The van der Waals surface area contributed by atoms with Crippen molar-refractivity contribution in [3.05, 3.63) is 35.3 Å². The molecule has 1 aliphatic rings. The third kappa shape index (κ3) is 2.45. The molecular formula is C12H11N5O2S. The monoisotopic (exact) mass is 289 g/mol. The minimum atomic E-state index is -0.301. The first-order valence-corrected chi connectivity index (χ1v) is 6.81. The van der Waals surface area contributed by atoms with E-state index in [4.69, 9.17) is 0 Å². The van der Waals surface area contributed by atoms with Gasteiger partial charge in [0.1, 0.15) is 0 Å². The molecule has 1 fully saturated rings. The van der Waals surface area contributed by atoms with Gasteiger partial charge in [-0.2, -0.15) is 0 Å². The van der Waals surface area contributed by atoms with Gasteiger partial charge in [-0.3, -0.25) is 9.69 Å². The Bertz CT molecular complexity index is 626. The summed E-state index contributed by atoms with van der Waals surface area (Å²) >= 11 is 1.12. The molecule has 0 saturated carbocycles. The van der Waals surface area contributed by atoms with Crippen molar-refractivity contribution in [1.82, 2.24) is 14.9 Å². The van der Waals surface area contributed by atoms with Gasteiger partial charge in [0, 0.05) is 29.8 Å². The third-order valence-electron chi connectivity index (χ3n) is 2.89. The number of benzene rings is 1. The molecule has 2 N–H and O–H groups in total. The van der Waals surface area contributed by atoms with E-state index in [-0.39, 0.29) is 17.6 Å². The highest BCUT2D eigenvalue weighted by Gasteiger charge is 2.20. The Morgan fingerprint density at radius 3 is 2.75 bits per heavy atom. The van der Waals surface area contributed by atoms with Crippen LogP contribution in [-0.4, -0.2) is 34.6 Å². The maximum absolute atomic E-state index is 11.8. The lowest BCUT2D eigenvalue weighted by Crippen LogP contribution is -2.27. The van der Waals surface area contributed by atoms with Gasteiger partial charge < -0.3 is 10.6 Å². The number of nitrogens with zero attached hydrogens (tertiary/aromatic N) is 3. The van der Waals surface area contributed by atoms with E-state index in [9.17, 15) is 9.59 Å². The first-order chi connectivity index (χ1) is 9.74. The molecule has 3 rings (SSSR count). The van der Waals surface area contributed by atoms with Gasteiger partial charge in [-0.1, -0.05) is 4.49 Å². The van der Waals surface area contributed by atoms with Crippen molar-refractivity contribution < 1.29 is 9.59 Å². The van der Waals surface area contributed by atoms with E-state index < -0.39 is 0 Å². The summed E-state index contributed by atoms with van der Waals surface area (Å²) in [7, 11) is 0. The topological polar surface area (TPSA) is 87.2 Å². The summed E-state index contributed by atoms with van der Waals surface area (Å²) < 4.78 is 3.64. The SMILES string of the molecule is O=C(Nc1ccc(N2CCNC2=O)cc1)c1csnn1. The molecule has 0 bridgehead atoms. The lowest BCUT2D eigenvalue weighted by molar-refractivity contribution is 0.102. The molecule has 7 nitrogen and oxygen atoms in total. The number of carbonyl (C=O) groups excluding carboxylic acids is 2. The van der Waals surface area contributed by atoms with Gasteiger partial charge in [0.15, 0.2) is 5.69 Å². The Kier molecular flexibility index (Phi) is 3.30. The largest absolute Gasteiger partial charge is 0.336 e. The van der Waals surface area contributed by atoms with Crippen molar-refractivity contribution in [3.63, 3.8) is 0 Å². The molecule has 1 aromatic heterocycles. The average Bonchev–Trinajstić information content (AvgIpc) is 3.11. The van der Waals surface area contributed by atoms with Crippen molar-refractivity contribution in [3.8, 4) is 0 Å². The van der Waals surface area contributed by atoms with Crippen molar-refractivity contribution in [1.29, 1.82) is 0 Å². The quantitative estimate of drug-likeness (QED) is 0.892. The molecule has 8 heteroatoms. The normalized spacial score (nSPS) is 14.2. The van der Waals surface area contributed by atoms with E-state index in [1.54, 1.807) is 34.5 Å². The van der Waals surface area contributed by atoms with Gasteiger partial charge in [0.25, 0.3) is 5.91 Å². The van der Waals surface area contributed by atoms with E-state index >= 15 is 0 Å². The predicted octanol–water partition coefficient (Wildman–Crippen LogP) is 1.32. The number of anilines is 2. The summed E-state index contributed by atoms with van der Waals surface area (Å²) in [5.74, 6) is -0.301. The second kappa shape index (κ2) is 5.25. The fraction of sp³-hybridized carbons (Fsp3) is 0.167. The number of nitrogens with one attached hydrogen (secondary N) is 2. The molecular weight excluding hydrogens is 278 g/mol. The van der Waals surface area contributed by atoms with Gasteiger partial charge >= 0.3 is 6.03 Å². The highest BCUT2D eigenvalue weighted by molar-refractivity contribution is 7.03. The van der Waals surface area contributed by atoms with Crippen LogP contribution in [0.5, 0.6) is 0 Å². The van der Waals surface area contributed by atoms with E-state index in [1.165, 1.54) is 0 Å². The Labute approximate surface area is 118 Å². The molecule has 1 aliphatic heterocycles. The van der Waals surface area contributed by atoms with Crippen LogP contribution in [0.3, 0.4) is 0 Å². The molecule has 0 atom stereocenters. The van der Waals surface area contributed by atoms with Crippen LogP contribution in [0.2, 0.25) is 0 Å².